The quantitative estimate of drug-likeness (QED) is 0.513. The SMILES string of the molecule is Cc1ccccc1-c1c(C)sc2ccc(CCl)cc12. The zero-order chi connectivity index (χ0) is 13.4. The zero-order valence-corrected chi connectivity index (χ0v) is 12.6. The van der Waals surface area contributed by atoms with E-state index in [9.17, 15) is 0 Å². The molecular weight excluding hydrogens is 272 g/mol. The third-order valence-corrected chi connectivity index (χ3v) is 4.89. The van der Waals surface area contributed by atoms with E-state index in [4.69, 9.17) is 11.6 Å². The molecule has 0 aliphatic carbocycles. The molecule has 3 rings (SSSR count). The van der Waals surface area contributed by atoms with E-state index in [1.807, 2.05) is 11.3 Å². The van der Waals surface area contributed by atoms with Crippen molar-refractivity contribution in [3.63, 3.8) is 0 Å². The van der Waals surface area contributed by atoms with Crippen molar-refractivity contribution < 1.29 is 0 Å². The van der Waals surface area contributed by atoms with Crippen molar-refractivity contribution in [1.82, 2.24) is 0 Å². The van der Waals surface area contributed by atoms with Gasteiger partial charge in [0.05, 0.1) is 0 Å². The van der Waals surface area contributed by atoms with E-state index in [0.29, 0.717) is 5.88 Å². The Morgan fingerprint density at radius 3 is 2.58 bits per heavy atom. The molecule has 96 valence electrons. The normalized spacial score (nSPS) is 11.1. The molecule has 19 heavy (non-hydrogen) atoms. The van der Waals surface area contributed by atoms with Crippen LogP contribution in [0.15, 0.2) is 42.5 Å². The summed E-state index contributed by atoms with van der Waals surface area (Å²) in [6.07, 6.45) is 0. The summed E-state index contributed by atoms with van der Waals surface area (Å²) in [7, 11) is 0. The van der Waals surface area contributed by atoms with Crippen LogP contribution in [0.5, 0.6) is 0 Å². The molecule has 0 nitrogen and oxygen atoms in total. The Labute approximate surface area is 122 Å². The maximum Gasteiger partial charge on any atom is 0.0474 e. The van der Waals surface area contributed by atoms with Crippen molar-refractivity contribution in [2.45, 2.75) is 19.7 Å². The molecule has 0 N–H and O–H groups in total. The molecular formula is C17H15ClS. The number of benzene rings is 2. The lowest BCUT2D eigenvalue weighted by Crippen LogP contribution is -1.84. The largest absolute Gasteiger partial charge is 0.140 e. The summed E-state index contributed by atoms with van der Waals surface area (Å²) in [5.74, 6) is 0.568. The van der Waals surface area contributed by atoms with Crippen LogP contribution in [-0.2, 0) is 5.88 Å². The molecule has 0 amide bonds. The smallest absolute Gasteiger partial charge is 0.0474 e. The second-order valence-corrected chi connectivity index (χ2v) is 6.34. The van der Waals surface area contributed by atoms with Crippen LogP contribution in [0.3, 0.4) is 0 Å². The number of fused-ring (bicyclic) bond motifs is 1. The van der Waals surface area contributed by atoms with Gasteiger partial charge in [-0.3, -0.25) is 0 Å². The molecule has 2 aromatic carbocycles. The highest BCUT2D eigenvalue weighted by atomic mass is 35.5. The van der Waals surface area contributed by atoms with Gasteiger partial charge >= 0.3 is 0 Å². The van der Waals surface area contributed by atoms with E-state index in [0.717, 1.165) is 0 Å². The van der Waals surface area contributed by atoms with Gasteiger partial charge in [0.1, 0.15) is 0 Å². The lowest BCUT2D eigenvalue weighted by atomic mass is 9.97. The number of thiophene rings is 1. The highest BCUT2D eigenvalue weighted by molar-refractivity contribution is 7.19. The molecule has 1 aromatic heterocycles. The maximum absolute atomic E-state index is 5.97. The first-order chi connectivity index (χ1) is 9.20. The Morgan fingerprint density at radius 1 is 1.05 bits per heavy atom. The van der Waals surface area contributed by atoms with E-state index < -0.39 is 0 Å². The lowest BCUT2D eigenvalue weighted by Gasteiger charge is -2.06. The van der Waals surface area contributed by atoms with E-state index in [-0.39, 0.29) is 0 Å². The van der Waals surface area contributed by atoms with Crippen molar-refractivity contribution in [1.29, 1.82) is 0 Å². The van der Waals surface area contributed by atoms with Gasteiger partial charge in [0.15, 0.2) is 0 Å². The van der Waals surface area contributed by atoms with Gasteiger partial charge in [-0.2, -0.15) is 0 Å². The van der Waals surface area contributed by atoms with Crippen LogP contribution >= 0.6 is 22.9 Å². The summed E-state index contributed by atoms with van der Waals surface area (Å²) in [6.45, 7) is 4.37. The van der Waals surface area contributed by atoms with Crippen LogP contribution < -0.4 is 0 Å². The lowest BCUT2D eigenvalue weighted by molar-refractivity contribution is 1.42. The predicted octanol–water partition coefficient (Wildman–Crippen LogP) is 5.92. The number of hydrogen-bond acceptors (Lipinski definition) is 1. The number of alkyl halides is 1. The van der Waals surface area contributed by atoms with Crippen molar-refractivity contribution >= 4 is 33.0 Å². The summed E-state index contributed by atoms with van der Waals surface area (Å²) in [4.78, 5) is 1.37. The van der Waals surface area contributed by atoms with Crippen LogP contribution in [0.2, 0.25) is 0 Å². The number of hydrogen-bond donors (Lipinski definition) is 0. The van der Waals surface area contributed by atoms with Crippen LogP contribution in [0, 0.1) is 13.8 Å². The minimum Gasteiger partial charge on any atom is -0.140 e. The molecule has 0 spiro atoms. The van der Waals surface area contributed by atoms with Gasteiger partial charge in [-0.25, -0.2) is 0 Å². The van der Waals surface area contributed by atoms with E-state index in [2.05, 4.69) is 56.3 Å². The molecule has 0 aliphatic heterocycles. The fourth-order valence-electron chi connectivity index (χ4n) is 2.54. The second kappa shape index (κ2) is 4.99. The first-order valence-corrected chi connectivity index (χ1v) is 7.70. The fraction of sp³-hybridized carbons (Fsp3) is 0.176. The van der Waals surface area contributed by atoms with Gasteiger partial charge in [-0.05, 0) is 42.7 Å². The van der Waals surface area contributed by atoms with Crippen LogP contribution in [0.25, 0.3) is 21.2 Å². The average molecular weight is 287 g/mol. The molecule has 0 unspecified atom stereocenters. The van der Waals surface area contributed by atoms with Gasteiger partial charge < -0.3 is 0 Å². The van der Waals surface area contributed by atoms with Gasteiger partial charge in [0.2, 0.25) is 0 Å². The molecule has 0 bridgehead atoms. The molecule has 1 heterocycles. The van der Waals surface area contributed by atoms with Crippen LogP contribution in [-0.4, -0.2) is 0 Å². The number of rotatable bonds is 2. The van der Waals surface area contributed by atoms with Gasteiger partial charge in [-0.1, -0.05) is 30.3 Å². The molecule has 0 saturated heterocycles. The Balaban J connectivity index is 2.34. The Kier molecular flexibility index (Phi) is 3.34. The predicted molar refractivity (Wildman–Crippen MR) is 86.3 cm³/mol. The molecule has 0 aliphatic rings. The zero-order valence-electron chi connectivity index (χ0n) is 11.0. The molecule has 0 saturated carbocycles. The van der Waals surface area contributed by atoms with Crippen LogP contribution in [0.1, 0.15) is 16.0 Å². The first-order valence-electron chi connectivity index (χ1n) is 6.34. The summed E-state index contributed by atoms with van der Waals surface area (Å²) < 4.78 is 1.34. The molecule has 3 aromatic rings. The van der Waals surface area contributed by atoms with Crippen molar-refractivity contribution in [2.75, 3.05) is 0 Å². The topological polar surface area (TPSA) is 0 Å². The first kappa shape index (κ1) is 12.7. The molecule has 0 atom stereocenters. The summed E-state index contributed by atoms with van der Waals surface area (Å²) >= 11 is 7.83. The van der Waals surface area contributed by atoms with E-state index in [1.54, 1.807) is 0 Å². The minimum atomic E-state index is 0.568. The second-order valence-electron chi connectivity index (χ2n) is 4.81. The summed E-state index contributed by atoms with van der Waals surface area (Å²) in [6, 6.07) is 15.1. The van der Waals surface area contributed by atoms with Gasteiger partial charge in [0.25, 0.3) is 0 Å². The van der Waals surface area contributed by atoms with E-state index in [1.165, 1.54) is 37.2 Å². The minimum absolute atomic E-state index is 0.568. The third-order valence-electron chi connectivity index (χ3n) is 3.50. The van der Waals surface area contributed by atoms with Crippen molar-refractivity contribution in [3.05, 3.63) is 58.5 Å². The highest BCUT2D eigenvalue weighted by Crippen LogP contribution is 2.40. The average Bonchev–Trinajstić information content (AvgIpc) is 2.74. The van der Waals surface area contributed by atoms with Gasteiger partial charge in [-0.15, -0.1) is 22.9 Å². The summed E-state index contributed by atoms with van der Waals surface area (Å²) in [5.41, 5.74) is 5.20. The molecule has 0 radical (unpaired) electrons. The Bertz CT molecular complexity index is 740. The number of aryl methyl sites for hydroxylation is 2. The highest BCUT2D eigenvalue weighted by Gasteiger charge is 2.12. The third kappa shape index (κ3) is 2.18. The number of halogens is 1. The summed E-state index contributed by atoms with van der Waals surface area (Å²) in [5, 5.41) is 1.33. The Morgan fingerprint density at radius 2 is 1.84 bits per heavy atom. The Hall–Kier alpha value is -1.31. The van der Waals surface area contributed by atoms with Gasteiger partial charge in [0, 0.05) is 26.4 Å². The van der Waals surface area contributed by atoms with Crippen molar-refractivity contribution in [3.8, 4) is 11.1 Å². The monoisotopic (exact) mass is 286 g/mol. The standard InChI is InChI=1S/C17H15ClS/c1-11-5-3-4-6-14(11)17-12(2)19-16-8-7-13(10-18)9-15(16)17/h3-9H,10H2,1-2H3. The maximum atomic E-state index is 5.97. The molecule has 2 heteroatoms. The van der Waals surface area contributed by atoms with Crippen molar-refractivity contribution in [2.24, 2.45) is 0 Å². The van der Waals surface area contributed by atoms with E-state index >= 15 is 0 Å². The van der Waals surface area contributed by atoms with Crippen LogP contribution in [0.4, 0.5) is 0 Å². The molecule has 0 fully saturated rings. The fourth-order valence-corrected chi connectivity index (χ4v) is 3.76.